The number of aryl methyl sites for hydroxylation is 2. The summed E-state index contributed by atoms with van der Waals surface area (Å²) in [5.41, 5.74) is 4.67. The van der Waals surface area contributed by atoms with Gasteiger partial charge in [-0.15, -0.1) is 0 Å². The number of halogens is 1. The zero-order chi connectivity index (χ0) is 20.1. The van der Waals surface area contributed by atoms with Gasteiger partial charge in [0.25, 0.3) is 0 Å². The first-order chi connectivity index (χ1) is 13.4. The van der Waals surface area contributed by atoms with E-state index < -0.39 is 0 Å². The summed E-state index contributed by atoms with van der Waals surface area (Å²) in [6, 6.07) is 13.1. The van der Waals surface area contributed by atoms with E-state index in [9.17, 15) is 9.18 Å². The summed E-state index contributed by atoms with van der Waals surface area (Å²) >= 11 is 0. The molecule has 1 aliphatic rings. The van der Waals surface area contributed by atoms with Crippen LogP contribution in [0, 0.1) is 25.6 Å². The largest absolute Gasteiger partial charge is 0.341 e. The molecule has 1 amide bonds. The van der Waals surface area contributed by atoms with Gasteiger partial charge in [0, 0.05) is 20.0 Å². The van der Waals surface area contributed by atoms with Gasteiger partial charge in [-0.25, -0.2) is 4.39 Å². The van der Waals surface area contributed by atoms with Crippen molar-refractivity contribution in [3.8, 4) is 0 Å². The second-order valence-corrected chi connectivity index (χ2v) is 8.20. The molecule has 3 rings (SSSR count). The number of nitrogens with zero attached hydrogens (tertiary/aromatic N) is 1. The molecule has 28 heavy (non-hydrogen) atoms. The fourth-order valence-electron chi connectivity index (χ4n) is 4.38. The number of amides is 1. The number of nitrogens with one attached hydrogen (secondary N) is 1. The summed E-state index contributed by atoms with van der Waals surface area (Å²) in [5.74, 6) is 0.500. The second-order valence-electron chi connectivity index (χ2n) is 8.20. The zero-order valence-electron chi connectivity index (χ0n) is 17.2. The molecule has 0 aromatic heterocycles. The third kappa shape index (κ3) is 5.41. The average Bonchev–Trinajstić information content (AvgIpc) is 2.66. The lowest BCUT2D eigenvalue weighted by Crippen LogP contribution is -2.34. The highest BCUT2D eigenvalue weighted by Crippen LogP contribution is 2.34. The number of carbonyl (C=O) groups excluding carboxylic acids is 1. The van der Waals surface area contributed by atoms with Crippen LogP contribution in [0.5, 0.6) is 0 Å². The maximum absolute atomic E-state index is 13.4. The molecule has 0 bridgehead atoms. The molecule has 1 atom stereocenters. The van der Waals surface area contributed by atoms with Crippen LogP contribution < -0.4 is 5.32 Å². The van der Waals surface area contributed by atoms with Crippen LogP contribution in [0.2, 0.25) is 0 Å². The van der Waals surface area contributed by atoms with Crippen molar-refractivity contribution in [2.45, 2.75) is 45.6 Å². The molecule has 1 N–H and O–H groups in total. The Morgan fingerprint density at radius 2 is 1.71 bits per heavy atom. The predicted molar refractivity (Wildman–Crippen MR) is 112 cm³/mol. The van der Waals surface area contributed by atoms with Crippen LogP contribution in [-0.2, 0) is 11.3 Å². The summed E-state index contributed by atoms with van der Waals surface area (Å²) < 4.78 is 13.4. The quantitative estimate of drug-likeness (QED) is 0.793. The molecule has 2 aromatic rings. The third-order valence-corrected chi connectivity index (χ3v) is 5.77. The van der Waals surface area contributed by atoms with Crippen LogP contribution in [0.3, 0.4) is 0 Å². The Balaban J connectivity index is 1.73. The van der Waals surface area contributed by atoms with Crippen LogP contribution in [0.15, 0.2) is 42.5 Å². The summed E-state index contributed by atoms with van der Waals surface area (Å²) in [7, 11) is 1.88. The van der Waals surface area contributed by atoms with Crippen molar-refractivity contribution >= 4 is 5.91 Å². The summed E-state index contributed by atoms with van der Waals surface area (Å²) in [4.78, 5) is 14.9. The fourth-order valence-corrected chi connectivity index (χ4v) is 4.38. The van der Waals surface area contributed by atoms with Gasteiger partial charge in [0.15, 0.2) is 0 Å². The number of hydrogen-bond acceptors (Lipinski definition) is 2. The number of benzene rings is 2. The van der Waals surface area contributed by atoms with Gasteiger partial charge in [0.2, 0.25) is 5.91 Å². The minimum atomic E-state index is -0.230. The minimum absolute atomic E-state index is 0.136. The van der Waals surface area contributed by atoms with E-state index in [4.69, 9.17) is 0 Å². The smallest absolute Gasteiger partial charge is 0.223 e. The zero-order valence-corrected chi connectivity index (χ0v) is 17.2. The van der Waals surface area contributed by atoms with Crippen molar-refractivity contribution in [1.82, 2.24) is 10.2 Å². The Morgan fingerprint density at radius 3 is 2.32 bits per heavy atom. The number of rotatable bonds is 6. The van der Waals surface area contributed by atoms with Crippen LogP contribution in [-0.4, -0.2) is 30.9 Å². The van der Waals surface area contributed by atoms with Crippen molar-refractivity contribution < 1.29 is 9.18 Å². The van der Waals surface area contributed by atoms with Crippen molar-refractivity contribution in [3.63, 3.8) is 0 Å². The van der Waals surface area contributed by atoms with Crippen molar-refractivity contribution in [2.24, 2.45) is 5.92 Å². The molecule has 1 aliphatic heterocycles. The first-order valence-corrected chi connectivity index (χ1v) is 10.2. The van der Waals surface area contributed by atoms with E-state index in [1.54, 1.807) is 0 Å². The summed E-state index contributed by atoms with van der Waals surface area (Å²) in [6.07, 6.45) is 2.57. The van der Waals surface area contributed by atoms with Crippen LogP contribution >= 0.6 is 0 Å². The van der Waals surface area contributed by atoms with Gasteiger partial charge in [-0.05, 0) is 74.9 Å². The van der Waals surface area contributed by atoms with Gasteiger partial charge in [0.1, 0.15) is 5.82 Å². The van der Waals surface area contributed by atoms with Gasteiger partial charge < -0.3 is 10.2 Å². The SMILES string of the molecule is Cc1cc(C)cc(CN(C)C(=O)CC(c2ccc(F)cc2)C2CCNCC2)c1. The van der Waals surface area contributed by atoms with Crippen molar-refractivity contribution in [1.29, 1.82) is 0 Å². The highest BCUT2D eigenvalue weighted by atomic mass is 19.1. The number of piperidine rings is 1. The highest BCUT2D eigenvalue weighted by Gasteiger charge is 2.28. The van der Waals surface area contributed by atoms with Gasteiger partial charge in [-0.1, -0.05) is 41.5 Å². The van der Waals surface area contributed by atoms with E-state index >= 15 is 0 Å². The molecule has 1 unspecified atom stereocenters. The van der Waals surface area contributed by atoms with Crippen molar-refractivity contribution in [3.05, 3.63) is 70.5 Å². The molecule has 0 aliphatic carbocycles. The van der Waals surface area contributed by atoms with E-state index in [0.29, 0.717) is 18.9 Å². The third-order valence-electron chi connectivity index (χ3n) is 5.77. The average molecular weight is 383 g/mol. The number of carbonyl (C=O) groups is 1. The maximum atomic E-state index is 13.4. The van der Waals surface area contributed by atoms with Crippen molar-refractivity contribution in [2.75, 3.05) is 20.1 Å². The molecular weight excluding hydrogens is 351 g/mol. The molecule has 0 spiro atoms. The van der Waals surface area contributed by atoms with Crippen LogP contribution in [0.4, 0.5) is 4.39 Å². The molecule has 2 aromatic carbocycles. The lowest BCUT2D eigenvalue weighted by molar-refractivity contribution is -0.131. The summed E-state index contributed by atoms with van der Waals surface area (Å²) in [6.45, 7) is 6.74. The van der Waals surface area contributed by atoms with Crippen LogP contribution in [0.1, 0.15) is 47.4 Å². The monoisotopic (exact) mass is 382 g/mol. The molecule has 4 heteroatoms. The summed E-state index contributed by atoms with van der Waals surface area (Å²) in [5, 5.41) is 3.39. The van der Waals surface area contributed by atoms with E-state index in [-0.39, 0.29) is 17.6 Å². The molecular formula is C24H31FN2O. The Bertz CT molecular complexity index is 777. The lowest BCUT2D eigenvalue weighted by Gasteiger charge is -2.32. The van der Waals surface area contributed by atoms with Gasteiger partial charge in [-0.2, -0.15) is 0 Å². The molecule has 1 heterocycles. The predicted octanol–water partition coefficient (Wildman–Crippen LogP) is 4.57. The van der Waals surface area contributed by atoms with E-state index in [2.05, 4.69) is 37.4 Å². The molecule has 1 saturated heterocycles. The van der Waals surface area contributed by atoms with E-state index in [1.807, 2.05) is 24.1 Å². The highest BCUT2D eigenvalue weighted by molar-refractivity contribution is 5.77. The fraction of sp³-hybridized carbons (Fsp3) is 0.458. The molecule has 0 radical (unpaired) electrons. The Hall–Kier alpha value is -2.20. The number of hydrogen-bond donors (Lipinski definition) is 1. The molecule has 1 fully saturated rings. The topological polar surface area (TPSA) is 32.3 Å². The van der Waals surface area contributed by atoms with Gasteiger partial charge in [0.05, 0.1) is 0 Å². The normalized spacial score (nSPS) is 16.0. The van der Waals surface area contributed by atoms with Crippen LogP contribution in [0.25, 0.3) is 0 Å². The second kappa shape index (κ2) is 9.33. The first kappa shape index (κ1) is 20.5. The van der Waals surface area contributed by atoms with E-state index in [1.165, 1.54) is 23.3 Å². The lowest BCUT2D eigenvalue weighted by atomic mass is 9.78. The Morgan fingerprint density at radius 1 is 1.11 bits per heavy atom. The maximum Gasteiger partial charge on any atom is 0.223 e. The molecule has 150 valence electrons. The van der Waals surface area contributed by atoms with Gasteiger partial charge in [-0.3, -0.25) is 4.79 Å². The standard InChI is InChI=1S/C24H31FN2O/c1-17-12-18(2)14-19(13-17)16-27(3)24(28)15-23(21-8-10-26-11-9-21)20-4-6-22(25)7-5-20/h4-7,12-14,21,23,26H,8-11,15-16H2,1-3H3. The molecule has 0 saturated carbocycles. The minimum Gasteiger partial charge on any atom is -0.341 e. The van der Waals surface area contributed by atoms with Gasteiger partial charge >= 0.3 is 0 Å². The Kier molecular flexibility index (Phi) is 6.84. The Labute approximate surface area is 167 Å². The molecule has 3 nitrogen and oxygen atoms in total. The first-order valence-electron chi connectivity index (χ1n) is 10.2. The van der Waals surface area contributed by atoms with E-state index in [0.717, 1.165) is 37.1 Å².